The van der Waals surface area contributed by atoms with Crippen molar-refractivity contribution in [3.63, 3.8) is 0 Å². The van der Waals surface area contributed by atoms with E-state index in [1.54, 1.807) is 6.07 Å². The van der Waals surface area contributed by atoms with Crippen LogP contribution >= 0.6 is 27.5 Å². The van der Waals surface area contributed by atoms with E-state index >= 15 is 0 Å². The first kappa shape index (κ1) is 11.3. The van der Waals surface area contributed by atoms with Crippen LogP contribution in [0.15, 0.2) is 16.6 Å². The van der Waals surface area contributed by atoms with Gasteiger partial charge in [0.2, 0.25) is 0 Å². The number of morpholine rings is 1. The Bertz CT molecular complexity index is 369. The Hall–Kier alpha value is -0.160. The SMILES string of the molecule is Fc1cc(Cl)c(C2CNCCO2)cc1Br. The molecule has 0 aliphatic carbocycles. The molecule has 1 aliphatic rings. The minimum absolute atomic E-state index is 0.0943. The summed E-state index contributed by atoms with van der Waals surface area (Å²) in [6.07, 6.45) is -0.0943. The van der Waals surface area contributed by atoms with E-state index in [-0.39, 0.29) is 11.9 Å². The highest BCUT2D eigenvalue weighted by molar-refractivity contribution is 9.10. The molecular formula is C10H10BrClFNO. The number of nitrogens with one attached hydrogen (secondary N) is 1. The second kappa shape index (κ2) is 4.78. The van der Waals surface area contributed by atoms with Gasteiger partial charge in [0.05, 0.1) is 17.2 Å². The van der Waals surface area contributed by atoms with Gasteiger partial charge in [0, 0.05) is 23.7 Å². The second-order valence-electron chi connectivity index (χ2n) is 3.35. The van der Waals surface area contributed by atoms with Gasteiger partial charge in [0.25, 0.3) is 0 Å². The molecule has 1 heterocycles. The summed E-state index contributed by atoms with van der Waals surface area (Å²) >= 11 is 9.10. The van der Waals surface area contributed by atoms with Gasteiger partial charge in [-0.05, 0) is 28.1 Å². The fraction of sp³-hybridized carbons (Fsp3) is 0.400. The molecule has 15 heavy (non-hydrogen) atoms. The Morgan fingerprint density at radius 3 is 3.00 bits per heavy atom. The van der Waals surface area contributed by atoms with Crippen LogP contribution in [0.3, 0.4) is 0 Å². The van der Waals surface area contributed by atoms with Crippen molar-refractivity contribution in [1.82, 2.24) is 5.32 Å². The molecule has 1 unspecified atom stereocenters. The molecule has 82 valence electrons. The van der Waals surface area contributed by atoms with Crippen molar-refractivity contribution in [2.75, 3.05) is 19.7 Å². The largest absolute Gasteiger partial charge is 0.371 e. The molecule has 1 N–H and O–H groups in total. The number of halogens is 3. The van der Waals surface area contributed by atoms with Crippen molar-refractivity contribution in [3.05, 3.63) is 33.0 Å². The summed E-state index contributed by atoms with van der Waals surface area (Å²) in [4.78, 5) is 0. The molecule has 1 aromatic rings. The van der Waals surface area contributed by atoms with Crippen molar-refractivity contribution >= 4 is 27.5 Å². The zero-order valence-corrected chi connectivity index (χ0v) is 10.2. The summed E-state index contributed by atoms with van der Waals surface area (Å²) in [7, 11) is 0. The third kappa shape index (κ3) is 2.50. The predicted molar refractivity (Wildman–Crippen MR) is 60.7 cm³/mol. The lowest BCUT2D eigenvalue weighted by atomic mass is 10.1. The molecule has 1 fully saturated rings. The summed E-state index contributed by atoms with van der Waals surface area (Å²) in [6.45, 7) is 2.20. The Labute approximate surface area is 101 Å². The van der Waals surface area contributed by atoms with Crippen LogP contribution in [0.1, 0.15) is 11.7 Å². The van der Waals surface area contributed by atoms with Crippen LogP contribution in [0, 0.1) is 5.82 Å². The zero-order chi connectivity index (χ0) is 10.8. The van der Waals surface area contributed by atoms with Gasteiger partial charge in [0.15, 0.2) is 0 Å². The van der Waals surface area contributed by atoms with Gasteiger partial charge in [0.1, 0.15) is 5.82 Å². The zero-order valence-electron chi connectivity index (χ0n) is 7.90. The lowest BCUT2D eigenvalue weighted by Gasteiger charge is -2.24. The fourth-order valence-electron chi connectivity index (χ4n) is 1.55. The first-order valence-corrected chi connectivity index (χ1v) is 5.82. The maximum absolute atomic E-state index is 13.1. The maximum atomic E-state index is 13.1. The molecule has 2 nitrogen and oxygen atoms in total. The molecule has 0 radical (unpaired) electrons. The van der Waals surface area contributed by atoms with E-state index in [0.717, 1.165) is 12.1 Å². The summed E-state index contributed by atoms with van der Waals surface area (Å²) < 4.78 is 19.1. The third-order valence-corrected chi connectivity index (χ3v) is 3.25. The van der Waals surface area contributed by atoms with Gasteiger partial charge >= 0.3 is 0 Å². The molecule has 0 bridgehead atoms. The Morgan fingerprint density at radius 1 is 1.53 bits per heavy atom. The van der Waals surface area contributed by atoms with Crippen molar-refractivity contribution in [2.45, 2.75) is 6.10 Å². The Kier molecular flexibility index (Phi) is 3.61. The maximum Gasteiger partial charge on any atom is 0.138 e. The van der Waals surface area contributed by atoms with Crippen LogP contribution in [0.4, 0.5) is 4.39 Å². The topological polar surface area (TPSA) is 21.3 Å². The van der Waals surface area contributed by atoms with Gasteiger partial charge in [-0.1, -0.05) is 11.6 Å². The molecule has 0 amide bonds. The van der Waals surface area contributed by atoms with Crippen molar-refractivity contribution < 1.29 is 9.13 Å². The Morgan fingerprint density at radius 2 is 2.33 bits per heavy atom. The van der Waals surface area contributed by atoms with Crippen LogP contribution in [-0.2, 0) is 4.74 Å². The van der Waals surface area contributed by atoms with Gasteiger partial charge < -0.3 is 10.1 Å². The summed E-state index contributed by atoms with van der Waals surface area (Å²) in [6, 6.07) is 2.98. The van der Waals surface area contributed by atoms with E-state index in [0.29, 0.717) is 22.6 Å². The average molecular weight is 295 g/mol. The second-order valence-corrected chi connectivity index (χ2v) is 4.61. The highest BCUT2D eigenvalue weighted by Gasteiger charge is 2.19. The van der Waals surface area contributed by atoms with Crippen LogP contribution in [0.25, 0.3) is 0 Å². The lowest BCUT2D eigenvalue weighted by molar-refractivity contribution is 0.0277. The standard InChI is InChI=1S/C10H10BrClFNO/c11-7-3-6(8(12)4-9(7)13)10-5-14-1-2-15-10/h3-4,10,14H,1-2,5H2. The monoisotopic (exact) mass is 293 g/mol. The minimum Gasteiger partial charge on any atom is -0.371 e. The molecule has 5 heteroatoms. The van der Waals surface area contributed by atoms with Crippen molar-refractivity contribution in [2.24, 2.45) is 0 Å². The minimum atomic E-state index is -0.354. The van der Waals surface area contributed by atoms with Crippen molar-refractivity contribution in [3.8, 4) is 0 Å². The van der Waals surface area contributed by atoms with E-state index in [2.05, 4.69) is 21.2 Å². The van der Waals surface area contributed by atoms with Crippen LogP contribution < -0.4 is 5.32 Å². The number of hydrogen-bond acceptors (Lipinski definition) is 2. The first-order valence-electron chi connectivity index (χ1n) is 4.65. The third-order valence-electron chi connectivity index (χ3n) is 2.31. The van der Waals surface area contributed by atoms with Crippen LogP contribution in [-0.4, -0.2) is 19.7 Å². The van der Waals surface area contributed by atoms with E-state index in [9.17, 15) is 4.39 Å². The predicted octanol–water partition coefficient (Wildman–Crippen LogP) is 2.90. The molecular weight excluding hydrogens is 284 g/mol. The molecule has 0 spiro atoms. The van der Waals surface area contributed by atoms with Crippen molar-refractivity contribution in [1.29, 1.82) is 0 Å². The van der Waals surface area contributed by atoms with Gasteiger partial charge in [-0.2, -0.15) is 0 Å². The van der Waals surface area contributed by atoms with E-state index < -0.39 is 0 Å². The molecule has 1 aliphatic heterocycles. The number of ether oxygens (including phenoxy) is 1. The number of benzene rings is 1. The number of hydrogen-bond donors (Lipinski definition) is 1. The van der Waals surface area contributed by atoms with Gasteiger partial charge in [-0.25, -0.2) is 4.39 Å². The Balaban J connectivity index is 2.30. The first-order chi connectivity index (χ1) is 7.18. The van der Waals surface area contributed by atoms with E-state index in [1.807, 2.05) is 0 Å². The van der Waals surface area contributed by atoms with Gasteiger partial charge in [-0.15, -0.1) is 0 Å². The van der Waals surface area contributed by atoms with E-state index in [1.165, 1.54) is 6.07 Å². The normalized spacial score (nSPS) is 21.7. The van der Waals surface area contributed by atoms with Crippen LogP contribution in [0.2, 0.25) is 5.02 Å². The molecule has 1 aromatic carbocycles. The summed E-state index contributed by atoms with van der Waals surface area (Å²) in [5.41, 5.74) is 0.817. The lowest BCUT2D eigenvalue weighted by Crippen LogP contribution is -2.33. The molecule has 1 saturated heterocycles. The molecule has 0 saturated carbocycles. The highest BCUT2D eigenvalue weighted by atomic mass is 79.9. The quantitative estimate of drug-likeness (QED) is 0.804. The fourth-order valence-corrected chi connectivity index (χ4v) is 2.18. The number of rotatable bonds is 1. The van der Waals surface area contributed by atoms with Gasteiger partial charge in [-0.3, -0.25) is 0 Å². The van der Waals surface area contributed by atoms with E-state index in [4.69, 9.17) is 16.3 Å². The molecule has 0 aromatic heterocycles. The average Bonchev–Trinajstić information content (AvgIpc) is 2.25. The molecule has 1 atom stereocenters. The highest BCUT2D eigenvalue weighted by Crippen LogP contribution is 2.31. The summed E-state index contributed by atoms with van der Waals surface area (Å²) in [5, 5.41) is 3.61. The summed E-state index contributed by atoms with van der Waals surface area (Å²) in [5.74, 6) is -0.354. The molecule has 2 rings (SSSR count). The van der Waals surface area contributed by atoms with Crippen LogP contribution in [0.5, 0.6) is 0 Å². The smallest absolute Gasteiger partial charge is 0.138 e.